The Morgan fingerprint density at radius 1 is 1.18 bits per heavy atom. The van der Waals surface area contributed by atoms with E-state index in [0.717, 1.165) is 29.7 Å². The van der Waals surface area contributed by atoms with E-state index in [4.69, 9.17) is 5.73 Å². The lowest BCUT2D eigenvalue weighted by Crippen LogP contribution is -2.52. The molecule has 7 heteroatoms. The fourth-order valence-corrected chi connectivity index (χ4v) is 3.59. The Morgan fingerprint density at radius 2 is 1.82 bits per heavy atom. The zero-order valence-corrected chi connectivity index (χ0v) is 15.9. The summed E-state index contributed by atoms with van der Waals surface area (Å²) >= 11 is 0. The first-order valence-corrected chi connectivity index (χ1v) is 8.97. The number of carbonyl (C=O) groups excluding carboxylic acids is 1. The molecule has 0 aromatic heterocycles. The minimum Gasteiger partial charge on any atom is -0.369 e. The van der Waals surface area contributed by atoms with Gasteiger partial charge in [0.05, 0.1) is 11.5 Å². The maximum atomic E-state index is 13.1. The molecule has 1 aliphatic heterocycles. The van der Waals surface area contributed by atoms with Crippen molar-refractivity contribution in [1.29, 1.82) is 0 Å². The van der Waals surface area contributed by atoms with Crippen LogP contribution in [0, 0.1) is 0 Å². The smallest absolute Gasteiger partial charge is 0.369 e. The van der Waals surface area contributed by atoms with Crippen LogP contribution in [0.1, 0.15) is 42.0 Å². The van der Waals surface area contributed by atoms with E-state index in [9.17, 15) is 18.0 Å². The summed E-state index contributed by atoms with van der Waals surface area (Å²) in [5.74, 6) is -1.02. The number of hydrogen-bond acceptors (Lipinski definition) is 3. The number of amides is 1. The molecule has 3 rings (SSSR count). The Bertz CT molecular complexity index is 921. The van der Waals surface area contributed by atoms with Crippen LogP contribution in [-0.4, -0.2) is 23.8 Å². The number of rotatable bonds is 3. The van der Waals surface area contributed by atoms with Gasteiger partial charge in [-0.3, -0.25) is 9.69 Å². The Hall–Kier alpha value is -2.83. The second-order valence-corrected chi connectivity index (χ2v) is 7.12. The van der Waals surface area contributed by atoms with Gasteiger partial charge in [0.2, 0.25) is 5.91 Å². The van der Waals surface area contributed by atoms with E-state index >= 15 is 0 Å². The molecule has 4 nitrogen and oxygen atoms in total. The van der Waals surface area contributed by atoms with Crippen LogP contribution in [0.15, 0.2) is 53.5 Å². The maximum Gasteiger partial charge on any atom is 0.416 e. The number of nitrogens with two attached hydrogens (primary N) is 1. The molecule has 0 spiro atoms. The summed E-state index contributed by atoms with van der Waals surface area (Å²) in [6.07, 6.45) is -3.63. The van der Waals surface area contributed by atoms with E-state index in [1.807, 2.05) is 31.2 Å². The molecule has 1 heterocycles. The third-order valence-electron chi connectivity index (χ3n) is 5.32. The number of benzene rings is 2. The van der Waals surface area contributed by atoms with Crippen molar-refractivity contribution in [3.8, 4) is 0 Å². The van der Waals surface area contributed by atoms with E-state index in [2.05, 4.69) is 4.99 Å². The van der Waals surface area contributed by atoms with Crippen LogP contribution in [0.4, 0.5) is 13.2 Å². The van der Waals surface area contributed by atoms with Crippen LogP contribution in [-0.2, 0) is 22.9 Å². The van der Waals surface area contributed by atoms with Gasteiger partial charge in [-0.2, -0.15) is 13.2 Å². The lowest BCUT2D eigenvalue weighted by molar-refractivity contribution is -0.137. The van der Waals surface area contributed by atoms with Gasteiger partial charge >= 0.3 is 6.18 Å². The summed E-state index contributed by atoms with van der Waals surface area (Å²) in [6.45, 7) is 3.81. The highest BCUT2D eigenvalue weighted by molar-refractivity contribution is 6.02. The van der Waals surface area contributed by atoms with Crippen molar-refractivity contribution in [1.82, 2.24) is 4.90 Å². The normalized spacial score (nSPS) is 22.9. The van der Waals surface area contributed by atoms with Gasteiger partial charge in [0.25, 0.3) is 0 Å². The third kappa shape index (κ3) is 3.37. The van der Waals surface area contributed by atoms with Gasteiger partial charge in [-0.15, -0.1) is 0 Å². The molecular weight excluding hydrogens is 367 g/mol. The summed E-state index contributed by atoms with van der Waals surface area (Å²) in [5, 5.41) is 0. The second kappa shape index (κ2) is 6.96. The van der Waals surface area contributed by atoms with E-state index in [0.29, 0.717) is 5.56 Å². The lowest BCUT2D eigenvalue weighted by Gasteiger charge is -2.41. The highest BCUT2D eigenvalue weighted by atomic mass is 19.4. The molecule has 1 amide bonds. The molecule has 0 aliphatic carbocycles. The number of nitrogens with zero attached hydrogens (tertiary/aromatic N) is 2. The fraction of sp³-hybridized carbons (Fsp3) is 0.333. The minimum absolute atomic E-state index is 0.0811. The number of guanidine groups is 1. The third-order valence-corrected chi connectivity index (χ3v) is 5.32. The Morgan fingerprint density at radius 3 is 2.39 bits per heavy atom. The molecule has 2 aromatic carbocycles. The largest absolute Gasteiger partial charge is 0.416 e. The van der Waals surface area contributed by atoms with Crippen molar-refractivity contribution in [3.63, 3.8) is 0 Å². The minimum atomic E-state index is -4.44. The highest BCUT2D eigenvalue weighted by Gasteiger charge is 2.47. The first-order chi connectivity index (χ1) is 13.1. The van der Waals surface area contributed by atoms with E-state index in [1.165, 1.54) is 24.1 Å². The summed E-state index contributed by atoms with van der Waals surface area (Å²) < 4.78 is 38.8. The van der Waals surface area contributed by atoms with Crippen LogP contribution in [0.5, 0.6) is 0 Å². The molecule has 2 aromatic rings. The molecule has 0 fully saturated rings. The second-order valence-electron chi connectivity index (χ2n) is 7.12. The lowest BCUT2D eigenvalue weighted by atomic mass is 9.74. The molecule has 2 atom stereocenters. The van der Waals surface area contributed by atoms with Crippen molar-refractivity contribution in [2.75, 3.05) is 7.05 Å². The summed E-state index contributed by atoms with van der Waals surface area (Å²) in [5.41, 5.74) is 6.52. The molecule has 0 radical (unpaired) electrons. The van der Waals surface area contributed by atoms with Gasteiger partial charge in [-0.25, -0.2) is 4.99 Å². The number of likely N-dealkylation sites (N-methyl/N-ethyl adjacent to an activating group) is 1. The summed E-state index contributed by atoms with van der Waals surface area (Å²) in [6, 6.07) is 12.4. The Labute approximate surface area is 161 Å². The van der Waals surface area contributed by atoms with Crippen LogP contribution in [0.25, 0.3) is 0 Å². The molecule has 0 saturated heterocycles. The molecule has 0 saturated carbocycles. The zero-order valence-electron chi connectivity index (χ0n) is 15.9. The number of aliphatic imine (C=N–C) groups is 1. The average Bonchev–Trinajstić information content (AvgIpc) is 2.66. The van der Waals surface area contributed by atoms with E-state index in [-0.39, 0.29) is 11.9 Å². The van der Waals surface area contributed by atoms with Crippen molar-refractivity contribution >= 4 is 11.9 Å². The SMILES string of the molecule is CCc1cccc(C2(C)N=C(N)N(C)C(=O)[C@@H]2c2ccc(C(F)(F)F)cc2)c1. The first kappa shape index (κ1) is 19.9. The number of aryl methyl sites for hydroxylation is 1. The van der Waals surface area contributed by atoms with Crippen LogP contribution >= 0.6 is 0 Å². The number of hydrogen-bond donors (Lipinski definition) is 1. The quantitative estimate of drug-likeness (QED) is 0.861. The van der Waals surface area contributed by atoms with E-state index < -0.39 is 23.2 Å². The molecular formula is C21H22F3N3O. The topological polar surface area (TPSA) is 58.7 Å². The van der Waals surface area contributed by atoms with Gasteiger partial charge in [0, 0.05) is 7.05 Å². The zero-order chi connectivity index (χ0) is 20.7. The summed E-state index contributed by atoms with van der Waals surface area (Å²) in [7, 11) is 1.51. The van der Waals surface area contributed by atoms with Gasteiger partial charge in [-0.05, 0) is 42.2 Å². The molecule has 1 aliphatic rings. The number of alkyl halides is 3. The number of halogens is 3. The van der Waals surface area contributed by atoms with E-state index in [1.54, 1.807) is 6.92 Å². The Kier molecular flexibility index (Phi) is 4.95. The first-order valence-electron chi connectivity index (χ1n) is 8.97. The van der Waals surface area contributed by atoms with Gasteiger partial charge in [0.1, 0.15) is 5.54 Å². The average molecular weight is 389 g/mol. The van der Waals surface area contributed by atoms with Gasteiger partial charge < -0.3 is 5.73 Å². The molecule has 0 bridgehead atoms. The summed E-state index contributed by atoms with van der Waals surface area (Å²) in [4.78, 5) is 18.9. The number of carbonyl (C=O) groups is 1. The fourth-order valence-electron chi connectivity index (χ4n) is 3.59. The van der Waals surface area contributed by atoms with Crippen molar-refractivity contribution in [3.05, 3.63) is 70.8 Å². The molecule has 1 unspecified atom stereocenters. The molecule has 2 N–H and O–H groups in total. The van der Waals surface area contributed by atoms with Crippen LogP contribution < -0.4 is 5.73 Å². The highest BCUT2D eigenvalue weighted by Crippen LogP contribution is 2.44. The monoisotopic (exact) mass is 389 g/mol. The standard InChI is InChI=1S/C21H22F3N3O/c1-4-13-6-5-7-16(12-13)20(2)17(18(28)27(3)19(25)26-20)14-8-10-15(11-9-14)21(22,23)24/h5-12,17H,4H2,1-3H3,(H2,25,26)/t17-,20?/m0/s1. The van der Waals surface area contributed by atoms with Crippen molar-refractivity contribution in [2.24, 2.45) is 10.7 Å². The van der Waals surface area contributed by atoms with Gasteiger partial charge in [0.15, 0.2) is 5.96 Å². The van der Waals surface area contributed by atoms with Gasteiger partial charge in [-0.1, -0.05) is 43.3 Å². The van der Waals surface area contributed by atoms with Crippen molar-refractivity contribution < 1.29 is 18.0 Å². The maximum absolute atomic E-state index is 13.1. The van der Waals surface area contributed by atoms with Crippen molar-refractivity contribution in [2.45, 2.75) is 37.9 Å². The molecule has 28 heavy (non-hydrogen) atoms. The van der Waals surface area contributed by atoms with Crippen LogP contribution in [0.3, 0.4) is 0 Å². The predicted molar refractivity (Wildman–Crippen MR) is 102 cm³/mol. The van der Waals surface area contributed by atoms with Crippen LogP contribution in [0.2, 0.25) is 0 Å². The predicted octanol–water partition coefficient (Wildman–Crippen LogP) is 4.05. The molecule has 148 valence electrons. The Balaban J connectivity index is 2.16.